The van der Waals surface area contributed by atoms with Gasteiger partial charge in [-0.2, -0.15) is 0 Å². The third kappa shape index (κ3) is 2.83. The van der Waals surface area contributed by atoms with Crippen molar-refractivity contribution in [3.63, 3.8) is 0 Å². The van der Waals surface area contributed by atoms with Gasteiger partial charge in [0.1, 0.15) is 0 Å². The molecule has 1 aromatic carbocycles. The SMILES string of the molecule is O=C(CN1CCC2(CC1)NCc1ccccc12)NC1C2CC3CC(C2)CC1C3. The molecular weight excluding hydrogens is 346 g/mol. The predicted octanol–water partition coefficient (Wildman–Crippen LogP) is 3.02. The summed E-state index contributed by atoms with van der Waals surface area (Å²) in [7, 11) is 0. The molecule has 5 fully saturated rings. The third-order valence-corrected chi connectivity index (χ3v) is 8.78. The molecule has 4 saturated carbocycles. The maximum Gasteiger partial charge on any atom is 0.234 e. The molecule has 0 aromatic heterocycles. The van der Waals surface area contributed by atoms with Crippen molar-refractivity contribution in [1.82, 2.24) is 15.5 Å². The molecule has 4 bridgehead atoms. The number of hydrogen-bond acceptors (Lipinski definition) is 3. The monoisotopic (exact) mass is 379 g/mol. The number of likely N-dealkylation sites (tertiary alicyclic amines) is 1. The van der Waals surface area contributed by atoms with Crippen molar-refractivity contribution in [1.29, 1.82) is 0 Å². The van der Waals surface area contributed by atoms with Crippen molar-refractivity contribution in [3.8, 4) is 0 Å². The normalized spacial score (nSPS) is 37.9. The Morgan fingerprint density at radius 3 is 2.43 bits per heavy atom. The third-order valence-electron chi connectivity index (χ3n) is 8.78. The van der Waals surface area contributed by atoms with Crippen molar-refractivity contribution >= 4 is 5.91 Å². The molecule has 0 unspecified atom stereocenters. The molecule has 4 nitrogen and oxygen atoms in total. The van der Waals surface area contributed by atoms with Crippen molar-refractivity contribution in [2.75, 3.05) is 19.6 Å². The molecule has 4 aliphatic carbocycles. The Morgan fingerprint density at radius 2 is 1.71 bits per heavy atom. The zero-order valence-electron chi connectivity index (χ0n) is 16.8. The molecule has 28 heavy (non-hydrogen) atoms. The van der Waals surface area contributed by atoms with Crippen LogP contribution in [0.15, 0.2) is 24.3 Å². The van der Waals surface area contributed by atoms with Crippen LogP contribution in [-0.2, 0) is 16.9 Å². The lowest BCUT2D eigenvalue weighted by Crippen LogP contribution is -2.57. The highest BCUT2D eigenvalue weighted by Crippen LogP contribution is 2.53. The molecule has 2 aliphatic heterocycles. The quantitative estimate of drug-likeness (QED) is 0.849. The summed E-state index contributed by atoms with van der Waals surface area (Å²) in [5.74, 6) is 3.74. The smallest absolute Gasteiger partial charge is 0.234 e. The van der Waals surface area contributed by atoms with Crippen LogP contribution in [0.5, 0.6) is 0 Å². The number of amides is 1. The standard InChI is InChI=1S/C24H33N3O/c28-22(26-23-19-10-16-9-17(12-19)13-20(23)11-16)15-27-7-5-24(6-8-27)21-4-2-1-3-18(21)14-25-24/h1-4,16-17,19-20,23,25H,5-15H2,(H,26,28). The first-order valence-corrected chi connectivity index (χ1v) is 11.5. The minimum atomic E-state index is 0.144. The Labute approximate surface area is 168 Å². The van der Waals surface area contributed by atoms with E-state index in [1.807, 2.05) is 0 Å². The summed E-state index contributed by atoms with van der Waals surface area (Å²) in [6.45, 7) is 3.59. The van der Waals surface area contributed by atoms with Gasteiger partial charge >= 0.3 is 0 Å². The van der Waals surface area contributed by atoms with Gasteiger partial charge in [0.15, 0.2) is 0 Å². The number of nitrogens with zero attached hydrogens (tertiary/aromatic N) is 1. The minimum absolute atomic E-state index is 0.144. The first-order chi connectivity index (χ1) is 13.7. The number of carbonyl (C=O) groups is 1. The van der Waals surface area contributed by atoms with E-state index in [0.29, 0.717) is 12.6 Å². The van der Waals surface area contributed by atoms with Crippen molar-refractivity contribution in [3.05, 3.63) is 35.4 Å². The summed E-state index contributed by atoms with van der Waals surface area (Å²) in [4.78, 5) is 15.2. The van der Waals surface area contributed by atoms with E-state index < -0.39 is 0 Å². The van der Waals surface area contributed by atoms with Crippen LogP contribution in [0.1, 0.15) is 56.1 Å². The average Bonchev–Trinajstić information content (AvgIpc) is 3.05. The van der Waals surface area contributed by atoms with Crippen LogP contribution in [-0.4, -0.2) is 36.5 Å². The van der Waals surface area contributed by atoms with Crippen LogP contribution >= 0.6 is 0 Å². The number of benzene rings is 1. The fraction of sp³-hybridized carbons (Fsp3) is 0.708. The molecule has 1 amide bonds. The number of fused-ring (bicyclic) bond motifs is 2. The Morgan fingerprint density at radius 1 is 1.04 bits per heavy atom. The molecule has 1 aromatic rings. The molecule has 1 spiro atoms. The van der Waals surface area contributed by atoms with Gasteiger partial charge in [-0.3, -0.25) is 9.69 Å². The molecular formula is C24H33N3O. The first-order valence-electron chi connectivity index (χ1n) is 11.5. The van der Waals surface area contributed by atoms with E-state index in [1.165, 1.54) is 43.2 Å². The number of nitrogens with one attached hydrogen (secondary N) is 2. The summed E-state index contributed by atoms with van der Waals surface area (Å²) in [6, 6.07) is 9.33. The van der Waals surface area contributed by atoms with E-state index in [9.17, 15) is 4.79 Å². The average molecular weight is 380 g/mol. The second kappa shape index (κ2) is 6.56. The largest absolute Gasteiger partial charge is 0.352 e. The molecule has 2 heterocycles. The van der Waals surface area contributed by atoms with Crippen molar-refractivity contribution in [2.24, 2.45) is 23.7 Å². The van der Waals surface area contributed by atoms with Crippen molar-refractivity contribution in [2.45, 2.75) is 63.1 Å². The van der Waals surface area contributed by atoms with Crippen LogP contribution in [0, 0.1) is 23.7 Å². The molecule has 6 aliphatic rings. The Bertz CT molecular complexity index is 739. The van der Waals surface area contributed by atoms with Gasteiger partial charge in [0.2, 0.25) is 5.91 Å². The Kier molecular flexibility index (Phi) is 4.09. The van der Waals surface area contributed by atoms with Gasteiger partial charge in [-0.25, -0.2) is 0 Å². The maximum absolute atomic E-state index is 12.8. The Hall–Kier alpha value is -1.39. The summed E-state index contributed by atoms with van der Waals surface area (Å²) < 4.78 is 0. The van der Waals surface area contributed by atoms with Crippen LogP contribution in [0.2, 0.25) is 0 Å². The van der Waals surface area contributed by atoms with Gasteiger partial charge in [-0.15, -0.1) is 0 Å². The lowest BCUT2D eigenvalue weighted by atomic mass is 9.54. The number of hydrogen-bond donors (Lipinski definition) is 2. The fourth-order valence-corrected chi connectivity index (χ4v) is 7.64. The summed E-state index contributed by atoms with van der Waals surface area (Å²) in [5.41, 5.74) is 3.09. The molecule has 0 atom stereocenters. The molecule has 1 saturated heterocycles. The lowest BCUT2D eigenvalue weighted by Gasteiger charge is -2.54. The highest BCUT2D eigenvalue weighted by molar-refractivity contribution is 5.78. The second-order valence-corrected chi connectivity index (χ2v) is 10.4. The van der Waals surface area contributed by atoms with E-state index >= 15 is 0 Å². The summed E-state index contributed by atoms with van der Waals surface area (Å²) >= 11 is 0. The van der Waals surface area contributed by atoms with Crippen LogP contribution in [0.4, 0.5) is 0 Å². The molecule has 4 heteroatoms. The maximum atomic E-state index is 12.8. The second-order valence-electron chi connectivity index (χ2n) is 10.4. The van der Waals surface area contributed by atoms with E-state index in [1.54, 1.807) is 0 Å². The molecule has 2 N–H and O–H groups in total. The molecule has 150 valence electrons. The highest BCUT2D eigenvalue weighted by Gasteiger charge is 2.48. The van der Waals surface area contributed by atoms with E-state index in [4.69, 9.17) is 0 Å². The van der Waals surface area contributed by atoms with Gasteiger partial charge in [0, 0.05) is 31.2 Å². The van der Waals surface area contributed by atoms with Crippen molar-refractivity contribution < 1.29 is 4.79 Å². The molecule has 7 rings (SSSR count). The number of carbonyl (C=O) groups excluding carboxylic acids is 1. The number of piperidine rings is 1. The molecule has 0 radical (unpaired) electrons. The van der Waals surface area contributed by atoms with Gasteiger partial charge in [0.25, 0.3) is 0 Å². The zero-order chi connectivity index (χ0) is 18.7. The van der Waals surface area contributed by atoms with E-state index in [0.717, 1.165) is 56.1 Å². The number of rotatable bonds is 3. The zero-order valence-corrected chi connectivity index (χ0v) is 16.8. The fourth-order valence-electron chi connectivity index (χ4n) is 7.64. The minimum Gasteiger partial charge on any atom is -0.352 e. The van der Waals surface area contributed by atoms with Crippen LogP contribution in [0.3, 0.4) is 0 Å². The summed E-state index contributed by atoms with van der Waals surface area (Å²) in [6.07, 6.45) is 9.17. The van der Waals surface area contributed by atoms with E-state index in [2.05, 4.69) is 39.8 Å². The topological polar surface area (TPSA) is 44.4 Å². The van der Waals surface area contributed by atoms with Crippen LogP contribution < -0.4 is 10.6 Å². The predicted molar refractivity (Wildman–Crippen MR) is 110 cm³/mol. The van der Waals surface area contributed by atoms with Gasteiger partial charge < -0.3 is 10.6 Å². The van der Waals surface area contributed by atoms with Gasteiger partial charge in [-0.1, -0.05) is 24.3 Å². The van der Waals surface area contributed by atoms with Crippen LogP contribution in [0.25, 0.3) is 0 Å². The Balaban J connectivity index is 1.05. The summed E-state index contributed by atoms with van der Waals surface area (Å²) in [5, 5.41) is 7.27. The van der Waals surface area contributed by atoms with E-state index in [-0.39, 0.29) is 11.4 Å². The lowest BCUT2D eigenvalue weighted by molar-refractivity contribution is -0.126. The van der Waals surface area contributed by atoms with Gasteiger partial charge in [0.05, 0.1) is 6.54 Å². The highest BCUT2D eigenvalue weighted by atomic mass is 16.2. The van der Waals surface area contributed by atoms with Gasteiger partial charge in [-0.05, 0) is 79.7 Å². The first kappa shape index (κ1) is 17.5.